The van der Waals surface area contributed by atoms with E-state index in [0.29, 0.717) is 23.6 Å². The van der Waals surface area contributed by atoms with E-state index >= 15 is 0 Å². The van der Waals surface area contributed by atoms with Gasteiger partial charge in [0.1, 0.15) is 12.1 Å². The number of benzene rings is 1. The lowest BCUT2D eigenvalue weighted by Gasteiger charge is -2.05. The van der Waals surface area contributed by atoms with Crippen LogP contribution in [0.15, 0.2) is 30.6 Å². The Labute approximate surface area is 121 Å². The third-order valence-electron chi connectivity index (χ3n) is 2.93. The molecule has 3 rings (SSSR count). The maximum atomic E-state index is 12.8. The van der Waals surface area contributed by atoms with Crippen LogP contribution in [0.4, 0.5) is 10.3 Å². The van der Waals surface area contributed by atoms with E-state index in [2.05, 4.69) is 20.7 Å². The van der Waals surface area contributed by atoms with E-state index in [1.807, 2.05) is 0 Å². The molecule has 7 heteroatoms. The summed E-state index contributed by atoms with van der Waals surface area (Å²) in [5, 5.41) is 10.9. The zero-order chi connectivity index (χ0) is 13.9. The van der Waals surface area contributed by atoms with Gasteiger partial charge < -0.3 is 5.32 Å². The highest BCUT2D eigenvalue weighted by Crippen LogP contribution is 2.18. The summed E-state index contributed by atoms with van der Waals surface area (Å²) in [6.45, 7) is 0.539. The molecule has 1 aromatic heterocycles. The van der Waals surface area contributed by atoms with E-state index < -0.39 is 0 Å². The van der Waals surface area contributed by atoms with E-state index in [0.717, 1.165) is 18.4 Å². The topological polar surface area (TPSA) is 54.8 Å². The normalized spacial score (nSPS) is 14.1. The van der Waals surface area contributed by atoms with Gasteiger partial charge in [-0.15, -0.1) is 5.10 Å². The standard InChI is InChI=1S/C13H14FN5S/c14-10-3-1-9(2-4-10)7-19-8-15-12(18-19)17-13(20)16-11-5-6-11/h1-4,8,11H,5-7H2,(H2,16,17,18,20). The molecule has 0 amide bonds. The van der Waals surface area contributed by atoms with E-state index in [4.69, 9.17) is 12.2 Å². The van der Waals surface area contributed by atoms with E-state index in [9.17, 15) is 4.39 Å². The second kappa shape index (κ2) is 5.54. The van der Waals surface area contributed by atoms with Crippen LogP contribution in [0.1, 0.15) is 18.4 Å². The van der Waals surface area contributed by atoms with Crippen LogP contribution in [0.2, 0.25) is 0 Å². The number of rotatable bonds is 4. The van der Waals surface area contributed by atoms with Crippen molar-refractivity contribution in [3.05, 3.63) is 42.0 Å². The number of aromatic nitrogens is 3. The molecule has 0 atom stereocenters. The monoisotopic (exact) mass is 291 g/mol. The minimum Gasteiger partial charge on any atom is -0.360 e. The van der Waals surface area contributed by atoms with Gasteiger partial charge in [-0.2, -0.15) is 0 Å². The highest BCUT2D eigenvalue weighted by atomic mass is 32.1. The third-order valence-corrected chi connectivity index (χ3v) is 3.15. The van der Waals surface area contributed by atoms with Gasteiger partial charge in [-0.25, -0.2) is 14.1 Å². The van der Waals surface area contributed by atoms with E-state index in [1.54, 1.807) is 23.1 Å². The molecule has 1 aliphatic rings. The SMILES string of the molecule is Fc1ccc(Cn2cnc(NC(=S)NC3CC3)n2)cc1. The summed E-state index contributed by atoms with van der Waals surface area (Å²) in [5.41, 5.74) is 0.960. The Bertz CT molecular complexity index is 605. The second-order valence-electron chi connectivity index (χ2n) is 4.76. The zero-order valence-corrected chi connectivity index (χ0v) is 11.5. The van der Waals surface area contributed by atoms with Crippen molar-refractivity contribution in [2.45, 2.75) is 25.4 Å². The predicted molar refractivity (Wildman–Crippen MR) is 77.9 cm³/mol. The summed E-state index contributed by atoms with van der Waals surface area (Å²) in [6.07, 6.45) is 3.94. The maximum Gasteiger partial charge on any atom is 0.248 e. The Kier molecular flexibility index (Phi) is 3.60. The Morgan fingerprint density at radius 3 is 2.80 bits per heavy atom. The molecule has 1 aliphatic carbocycles. The molecule has 0 aliphatic heterocycles. The summed E-state index contributed by atoms with van der Waals surface area (Å²) < 4.78 is 14.5. The van der Waals surface area contributed by atoms with Crippen LogP contribution in [0.5, 0.6) is 0 Å². The molecule has 1 fully saturated rings. The van der Waals surface area contributed by atoms with Crippen molar-refractivity contribution in [2.75, 3.05) is 5.32 Å². The zero-order valence-electron chi connectivity index (χ0n) is 10.7. The first-order valence-electron chi connectivity index (χ1n) is 6.40. The molecular formula is C13H14FN5S. The predicted octanol–water partition coefficient (Wildman–Crippen LogP) is 1.91. The Morgan fingerprint density at radius 2 is 2.10 bits per heavy atom. The van der Waals surface area contributed by atoms with Gasteiger partial charge in [-0.05, 0) is 42.8 Å². The molecule has 0 bridgehead atoms. The minimum absolute atomic E-state index is 0.244. The quantitative estimate of drug-likeness (QED) is 0.843. The minimum atomic E-state index is -0.244. The van der Waals surface area contributed by atoms with Gasteiger partial charge in [0, 0.05) is 6.04 Å². The molecule has 0 spiro atoms. The van der Waals surface area contributed by atoms with Gasteiger partial charge in [0.15, 0.2) is 5.11 Å². The molecule has 1 saturated carbocycles. The molecule has 1 heterocycles. The molecule has 2 aromatic rings. The number of halogens is 1. The van der Waals surface area contributed by atoms with Crippen molar-refractivity contribution in [1.29, 1.82) is 0 Å². The fourth-order valence-electron chi connectivity index (χ4n) is 1.76. The molecule has 2 N–H and O–H groups in total. The number of hydrogen-bond acceptors (Lipinski definition) is 3. The maximum absolute atomic E-state index is 12.8. The molecule has 20 heavy (non-hydrogen) atoms. The van der Waals surface area contributed by atoms with Crippen molar-refractivity contribution in [2.24, 2.45) is 0 Å². The van der Waals surface area contributed by atoms with Crippen molar-refractivity contribution in [3.8, 4) is 0 Å². The lowest BCUT2D eigenvalue weighted by Crippen LogP contribution is -2.30. The van der Waals surface area contributed by atoms with Crippen molar-refractivity contribution in [1.82, 2.24) is 20.1 Å². The lowest BCUT2D eigenvalue weighted by molar-refractivity contribution is 0.624. The second-order valence-corrected chi connectivity index (χ2v) is 5.17. The summed E-state index contributed by atoms with van der Waals surface area (Å²) in [7, 11) is 0. The lowest BCUT2D eigenvalue weighted by atomic mass is 10.2. The fraction of sp³-hybridized carbons (Fsp3) is 0.308. The Morgan fingerprint density at radius 1 is 1.35 bits per heavy atom. The van der Waals surface area contributed by atoms with Crippen LogP contribution >= 0.6 is 12.2 Å². The first-order valence-corrected chi connectivity index (χ1v) is 6.81. The van der Waals surface area contributed by atoms with Gasteiger partial charge in [-0.3, -0.25) is 5.32 Å². The average Bonchev–Trinajstić information content (AvgIpc) is 3.12. The molecule has 0 radical (unpaired) electrons. The summed E-state index contributed by atoms with van der Waals surface area (Å²) >= 11 is 5.15. The molecule has 104 valence electrons. The third kappa shape index (κ3) is 3.51. The van der Waals surface area contributed by atoms with Gasteiger partial charge in [0.2, 0.25) is 5.95 Å². The van der Waals surface area contributed by atoms with Crippen LogP contribution in [-0.4, -0.2) is 25.9 Å². The Balaban J connectivity index is 1.58. The van der Waals surface area contributed by atoms with Gasteiger partial charge >= 0.3 is 0 Å². The number of nitrogens with zero attached hydrogens (tertiary/aromatic N) is 3. The largest absolute Gasteiger partial charge is 0.360 e. The molecule has 5 nitrogen and oxygen atoms in total. The van der Waals surface area contributed by atoms with Crippen LogP contribution < -0.4 is 10.6 Å². The van der Waals surface area contributed by atoms with Crippen LogP contribution in [0.3, 0.4) is 0 Å². The van der Waals surface area contributed by atoms with Crippen LogP contribution in [-0.2, 0) is 6.54 Å². The first kappa shape index (κ1) is 13.0. The van der Waals surface area contributed by atoms with Gasteiger partial charge in [0.25, 0.3) is 0 Å². The Hall–Kier alpha value is -2.02. The highest BCUT2D eigenvalue weighted by molar-refractivity contribution is 7.80. The van der Waals surface area contributed by atoms with Gasteiger partial charge in [-0.1, -0.05) is 12.1 Å². The molecule has 1 aromatic carbocycles. The highest BCUT2D eigenvalue weighted by Gasteiger charge is 2.22. The van der Waals surface area contributed by atoms with E-state index in [1.165, 1.54) is 12.1 Å². The van der Waals surface area contributed by atoms with Crippen molar-refractivity contribution >= 4 is 23.3 Å². The smallest absolute Gasteiger partial charge is 0.248 e. The van der Waals surface area contributed by atoms with Crippen LogP contribution in [0, 0.1) is 5.82 Å². The number of thiocarbonyl (C=S) groups is 1. The molecule has 0 unspecified atom stereocenters. The first-order chi connectivity index (χ1) is 9.69. The summed E-state index contributed by atoms with van der Waals surface area (Å²) in [5.74, 6) is 0.219. The van der Waals surface area contributed by atoms with Crippen molar-refractivity contribution < 1.29 is 4.39 Å². The van der Waals surface area contributed by atoms with E-state index in [-0.39, 0.29) is 5.82 Å². The summed E-state index contributed by atoms with van der Waals surface area (Å²) in [4.78, 5) is 4.14. The molecular weight excluding hydrogens is 277 g/mol. The van der Waals surface area contributed by atoms with Gasteiger partial charge in [0.05, 0.1) is 6.54 Å². The molecule has 0 saturated heterocycles. The number of anilines is 1. The number of hydrogen-bond donors (Lipinski definition) is 2. The van der Waals surface area contributed by atoms with Crippen LogP contribution in [0.25, 0.3) is 0 Å². The number of nitrogens with one attached hydrogen (secondary N) is 2. The van der Waals surface area contributed by atoms with Crippen molar-refractivity contribution in [3.63, 3.8) is 0 Å². The summed E-state index contributed by atoms with van der Waals surface area (Å²) in [6, 6.07) is 6.81. The fourth-order valence-corrected chi connectivity index (χ4v) is 2.01. The average molecular weight is 291 g/mol.